The number of thiazole rings is 1. The molecular weight excluding hydrogens is 358 g/mol. The Morgan fingerprint density at radius 1 is 1.15 bits per heavy atom. The lowest BCUT2D eigenvalue weighted by atomic mass is 10.2. The second-order valence-electron chi connectivity index (χ2n) is 7.17. The average molecular weight is 384 g/mol. The zero-order valence-corrected chi connectivity index (χ0v) is 16.9. The van der Waals surface area contributed by atoms with Gasteiger partial charge in [0.25, 0.3) is 0 Å². The fourth-order valence-corrected chi connectivity index (χ4v) is 4.01. The standard InChI is InChI=1S/C20H25N5OS/c1-14(2)26-20-18-10-17(4-5-19(18)21-13-22-20)25-8-6-24(7-9-25)11-16-12-27-15(3)23-16/h4-5,10,12-14H,6-9,11H2,1-3H3. The first-order valence-corrected chi connectivity index (χ1v) is 10.3. The summed E-state index contributed by atoms with van der Waals surface area (Å²) in [4.78, 5) is 18.2. The Hall–Kier alpha value is -2.25. The van der Waals surface area contributed by atoms with E-state index in [2.05, 4.69) is 55.3 Å². The largest absolute Gasteiger partial charge is 0.474 e. The maximum absolute atomic E-state index is 5.87. The van der Waals surface area contributed by atoms with Crippen molar-refractivity contribution in [3.05, 3.63) is 40.6 Å². The molecule has 0 unspecified atom stereocenters. The van der Waals surface area contributed by atoms with Gasteiger partial charge in [0.15, 0.2) is 0 Å². The van der Waals surface area contributed by atoms with Gasteiger partial charge in [-0.25, -0.2) is 15.0 Å². The minimum atomic E-state index is 0.0876. The highest BCUT2D eigenvalue weighted by Gasteiger charge is 2.19. The number of aromatic nitrogens is 3. The third-order valence-corrected chi connectivity index (χ3v) is 5.54. The SMILES string of the molecule is Cc1nc(CN2CCN(c3ccc4ncnc(OC(C)C)c4c3)CC2)cs1. The van der Waals surface area contributed by atoms with Gasteiger partial charge in [0.05, 0.1) is 27.7 Å². The Morgan fingerprint density at radius 3 is 2.67 bits per heavy atom. The van der Waals surface area contributed by atoms with E-state index >= 15 is 0 Å². The van der Waals surface area contributed by atoms with E-state index in [4.69, 9.17) is 4.74 Å². The zero-order chi connectivity index (χ0) is 18.8. The number of benzene rings is 1. The van der Waals surface area contributed by atoms with Crippen molar-refractivity contribution in [2.24, 2.45) is 0 Å². The first-order chi connectivity index (χ1) is 13.1. The van der Waals surface area contributed by atoms with Gasteiger partial charge in [-0.3, -0.25) is 4.90 Å². The van der Waals surface area contributed by atoms with Gasteiger partial charge in [0, 0.05) is 43.8 Å². The Morgan fingerprint density at radius 2 is 1.96 bits per heavy atom. The molecule has 0 bridgehead atoms. The lowest BCUT2D eigenvalue weighted by molar-refractivity contribution is 0.235. The summed E-state index contributed by atoms with van der Waals surface area (Å²) in [5.41, 5.74) is 3.31. The molecule has 7 heteroatoms. The highest BCUT2D eigenvalue weighted by molar-refractivity contribution is 7.09. The summed E-state index contributed by atoms with van der Waals surface area (Å²) in [5, 5.41) is 4.28. The number of rotatable bonds is 5. The van der Waals surface area contributed by atoms with Gasteiger partial charge in [0.1, 0.15) is 6.33 Å². The molecule has 3 heterocycles. The predicted molar refractivity (Wildman–Crippen MR) is 110 cm³/mol. The summed E-state index contributed by atoms with van der Waals surface area (Å²) in [5.74, 6) is 0.661. The first-order valence-electron chi connectivity index (χ1n) is 9.38. The van der Waals surface area contributed by atoms with Crippen molar-refractivity contribution in [1.82, 2.24) is 19.9 Å². The zero-order valence-electron chi connectivity index (χ0n) is 16.1. The first kappa shape index (κ1) is 18.1. The molecule has 27 heavy (non-hydrogen) atoms. The molecule has 0 atom stereocenters. The molecule has 1 aromatic carbocycles. The summed E-state index contributed by atoms with van der Waals surface area (Å²) in [6, 6.07) is 6.37. The lowest BCUT2D eigenvalue weighted by Gasteiger charge is -2.35. The van der Waals surface area contributed by atoms with E-state index in [9.17, 15) is 0 Å². The molecule has 4 rings (SSSR count). The maximum Gasteiger partial charge on any atom is 0.224 e. The van der Waals surface area contributed by atoms with Gasteiger partial charge in [-0.1, -0.05) is 0 Å². The van der Waals surface area contributed by atoms with Crippen LogP contribution in [0.15, 0.2) is 29.9 Å². The van der Waals surface area contributed by atoms with E-state index in [0.29, 0.717) is 5.88 Å². The minimum Gasteiger partial charge on any atom is -0.474 e. The number of anilines is 1. The lowest BCUT2D eigenvalue weighted by Crippen LogP contribution is -2.46. The van der Waals surface area contributed by atoms with Crippen molar-refractivity contribution in [2.75, 3.05) is 31.1 Å². The summed E-state index contributed by atoms with van der Waals surface area (Å²) >= 11 is 1.72. The van der Waals surface area contributed by atoms with Crippen LogP contribution in [0.4, 0.5) is 5.69 Å². The molecule has 1 aliphatic rings. The van der Waals surface area contributed by atoms with E-state index in [1.54, 1.807) is 17.7 Å². The van der Waals surface area contributed by atoms with E-state index in [1.165, 1.54) is 11.4 Å². The van der Waals surface area contributed by atoms with Crippen LogP contribution in [0.3, 0.4) is 0 Å². The Bertz CT molecular complexity index is 918. The quantitative estimate of drug-likeness (QED) is 0.672. The van der Waals surface area contributed by atoms with E-state index in [-0.39, 0.29) is 6.10 Å². The third-order valence-electron chi connectivity index (χ3n) is 4.72. The van der Waals surface area contributed by atoms with Crippen molar-refractivity contribution in [2.45, 2.75) is 33.4 Å². The van der Waals surface area contributed by atoms with Crippen LogP contribution < -0.4 is 9.64 Å². The van der Waals surface area contributed by atoms with Crippen LogP contribution in [0.1, 0.15) is 24.5 Å². The van der Waals surface area contributed by atoms with Crippen LogP contribution in [-0.2, 0) is 6.54 Å². The maximum atomic E-state index is 5.87. The highest BCUT2D eigenvalue weighted by atomic mass is 32.1. The van der Waals surface area contributed by atoms with Crippen molar-refractivity contribution in [3.63, 3.8) is 0 Å². The Kier molecular flexibility index (Phi) is 5.22. The summed E-state index contributed by atoms with van der Waals surface area (Å²) in [6.07, 6.45) is 1.66. The number of aryl methyl sites for hydroxylation is 1. The summed E-state index contributed by atoms with van der Waals surface area (Å²) in [7, 11) is 0. The molecular formula is C20H25N5OS. The summed E-state index contributed by atoms with van der Waals surface area (Å²) in [6.45, 7) is 11.1. The van der Waals surface area contributed by atoms with Crippen LogP contribution in [0.5, 0.6) is 5.88 Å². The molecule has 1 saturated heterocycles. The Balaban J connectivity index is 1.47. The molecule has 3 aromatic rings. The molecule has 0 spiro atoms. The van der Waals surface area contributed by atoms with E-state index in [0.717, 1.165) is 48.6 Å². The second kappa shape index (κ2) is 7.78. The molecule has 0 aliphatic carbocycles. The van der Waals surface area contributed by atoms with Crippen LogP contribution in [-0.4, -0.2) is 52.1 Å². The minimum absolute atomic E-state index is 0.0876. The molecule has 0 amide bonds. The van der Waals surface area contributed by atoms with Gasteiger partial charge >= 0.3 is 0 Å². The smallest absolute Gasteiger partial charge is 0.224 e. The predicted octanol–water partition coefficient (Wildman–Crippen LogP) is 3.50. The average Bonchev–Trinajstić information content (AvgIpc) is 3.07. The fraction of sp³-hybridized carbons (Fsp3) is 0.450. The van der Waals surface area contributed by atoms with Gasteiger partial charge < -0.3 is 9.64 Å². The van der Waals surface area contributed by atoms with E-state index < -0.39 is 0 Å². The fourth-order valence-electron chi connectivity index (χ4n) is 3.41. The number of piperazine rings is 1. The van der Waals surface area contributed by atoms with Crippen molar-refractivity contribution >= 4 is 27.9 Å². The number of nitrogens with zero attached hydrogens (tertiary/aromatic N) is 5. The summed E-state index contributed by atoms with van der Waals surface area (Å²) < 4.78 is 5.87. The number of hydrogen-bond donors (Lipinski definition) is 0. The number of ether oxygens (including phenoxy) is 1. The van der Waals surface area contributed by atoms with Crippen LogP contribution in [0.2, 0.25) is 0 Å². The van der Waals surface area contributed by atoms with Crippen LogP contribution in [0.25, 0.3) is 10.9 Å². The molecule has 1 fully saturated rings. The van der Waals surface area contributed by atoms with Crippen molar-refractivity contribution in [1.29, 1.82) is 0 Å². The molecule has 6 nitrogen and oxygen atoms in total. The van der Waals surface area contributed by atoms with Crippen molar-refractivity contribution in [3.8, 4) is 5.88 Å². The van der Waals surface area contributed by atoms with Crippen LogP contribution in [0, 0.1) is 6.92 Å². The number of fused-ring (bicyclic) bond motifs is 1. The van der Waals surface area contributed by atoms with Gasteiger partial charge in [0.2, 0.25) is 5.88 Å². The molecule has 0 N–H and O–H groups in total. The molecule has 0 radical (unpaired) electrons. The van der Waals surface area contributed by atoms with Gasteiger partial charge in [-0.15, -0.1) is 11.3 Å². The molecule has 142 valence electrons. The van der Waals surface area contributed by atoms with E-state index in [1.807, 2.05) is 13.8 Å². The molecule has 1 aliphatic heterocycles. The monoisotopic (exact) mass is 383 g/mol. The topological polar surface area (TPSA) is 54.4 Å². The highest BCUT2D eigenvalue weighted by Crippen LogP contribution is 2.28. The molecule has 2 aromatic heterocycles. The normalized spacial score (nSPS) is 15.6. The van der Waals surface area contributed by atoms with Gasteiger partial charge in [-0.05, 0) is 39.0 Å². The van der Waals surface area contributed by atoms with Crippen molar-refractivity contribution < 1.29 is 4.74 Å². The Labute approximate surface area is 163 Å². The number of hydrogen-bond acceptors (Lipinski definition) is 7. The second-order valence-corrected chi connectivity index (χ2v) is 8.23. The van der Waals surface area contributed by atoms with Crippen LogP contribution >= 0.6 is 11.3 Å². The van der Waals surface area contributed by atoms with Gasteiger partial charge in [-0.2, -0.15) is 0 Å². The molecule has 0 saturated carbocycles. The third kappa shape index (κ3) is 4.20.